The molecule has 4 rings (SSSR count). The molecule has 2 heterocycles. The molecule has 1 aliphatic carbocycles. The number of benzene rings is 1. The van der Waals surface area contributed by atoms with Crippen molar-refractivity contribution in [3.8, 4) is 0 Å². The fraction of sp³-hybridized carbons (Fsp3) is 0.600. The summed E-state index contributed by atoms with van der Waals surface area (Å²) in [7, 11) is 1.68. The number of hydrogen-bond acceptors (Lipinski definition) is 6. The first-order chi connectivity index (χ1) is 15.2. The molecule has 6 atom stereocenters. The Kier molecular flexibility index (Phi) is 6.29. The minimum atomic E-state index is -0.552. The predicted octanol–water partition coefficient (Wildman–Crippen LogP) is 2.67. The fourth-order valence-electron chi connectivity index (χ4n) is 5.29. The average Bonchev–Trinajstić information content (AvgIpc) is 3.70. The lowest BCUT2D eigenvalue weighted by Crippen LogP contribution is -2.59. The van der Waals surface area contributed by atoms with Gasteiger partial charge < -0.3 is 24.6 Å². The van der Waals surface area contributed by atoms with Crippen molar-refractivity contribution in [2.45, 2.75) is 69.5 Å². The molecule has 2 N–H and O–H groups in total. The van der Waals surface area contributed by atoms with Crippen LogP contribution in [0.1, 0.15) is 60.7 Å². The van der Waals surface area contributed by atoms with Crippen molar-refractivity contribution in [2.24, 2.45) is 5.92 Å². The van der Waals surface area contributed by atoms with E-state index in [9.17, 15) is 9.59 Å². The van der Waals surface area contributed by atoms with E-state index in [0.29, 0.717) is 17.7 Å². The monoisotopic (exact) mass is 443 g/mol. The van der Waals surface area contributed by atoms with Crippen molar-refractivity contribution in [1.82, 2.24) is 5.32 Å². The lowest BCUT2D eigenvalue weighted by Gasteiger charge is -2.43. The number of aliphatic hydroxyl groups is 1. The van der Waals surface area contributed by atoms with Crippen LogP contribution in [0.5, 0.6) is 0 Å². The topological polar surface area (TPSA) is 101 Å². The standard InChI is InChI=1S/C25H33NO6/c1-15(2)5-10-20-24(3,32-20)22-21(30-4)18(11-12-25(22)14-31-25)26-23(29)17-8-6-16(7-9-17)19(28)13-27/h5-9,18,20-22,27H,10-14H2,1-4H3,(H,26,29)/t18-,20-,21-,22-,24-,25+/m1/s1. The molecule has 0 radical (unpaired) electrons. The van der Waals surface area contributed by atoms with Crippen molar-refractivity contribution >= 4 is 11.7 Å². The second kappa shape index (κ2) is 8.71. The molecule has 1 saturated carbocycles. The maximum absolute atomic E-state index is 12.9. The molecule has 2 aliphatic heterocycles. The number of carbonyl (C=O) groups is 2. The van der Waals surface area contributed by atoms with Crippen LogP contribution in [0.4, 0.5) is 0 Å². The minimum Gasteiger partial charge on any atom is -0.388 e. The molecule has 174 valence electrons. The zero-order valence-electron chi connectivity index (χ0n) is 19.2. The molecule has 7 nitrogen and oxygen atoms in total. The van der Waals surface area contributed by atoms with Crippen LogP contribution < -0.4 is 5.32 Å². The zero-order valence-corrected chi connectivity index (χ0v) is 19.2. The molecule has 0 unspecified atom stereocenters. The van der Waals surface area contributed by atoms with E-state index in [0.717, 1.165) is 19.3 Å². The van der Waals surface area contributed by atoms with Crippen molar-refractivity contribution in [2.75, 3.05) is 20.3 Å². The second-order valence-electron chi connectivity index (χ2n) is 9.62. The summed E-state index contributed by atoms with van der Waals surface area (Å²) in [5, 5.41) is 12.1. The van der Waals surface area contributed by atoms with E-state index in [1.807, 2.05) is 0 Å². The van der Waals surface area contributed by atoms with Gasteiger partial charge in [-0.3, -0.25) is 9.59 Å². The summed E-state index contributed by atoms with van der Waals surface area (Å²) in [6.45, 7) is 6.46. The van der Waals surface area contributed by atoms with Gasteiger partial charge in [-0.05, 0) is 52.2 Å². The number of rotatable bonds is 8. The summed E-state index contributed by atoms with van der Waals surface area (Å²) < 4.78 is 18.2. The molecule has 0 aromatic heterocycles. The molecule has 2 saturated heterocycles. The van der Waals surface area contributed by atoms with E-state index >= 15 is 0 Å². The van der Waals surface area contributed by atoms with Crippen LogP contribution in [0.25, 0.3) is 0 Å². The molecule has 32 heavy (non-hydrogen) atoms. The van der Waals surface area contributed by atoms with Gasteiger partial charge in [-0.2, -0.15) is 0 Å². The highest BCUT2D eigenvalue weighted by Crippen LogP contribution is 2.59. The van der Waals surface area contributed by atoms with Gasteiger partial charge in [0.05, 0.1) is 30.5 Å². The third-order valence-corrected chi connectivity index (χ3v) is 7.22. The van der Waals surface area contributed by atoms with E-state index < -0.39 is 6.61 Å². The van der Waals surface area contributed by atoms with Gasteiger partial charge in [0, 0.05) is 24.2 Å². The maximum atomic E-state index is 12.9. The molecule has 1 aromatic carbocycles. The molecule has 0 bridgehead atoms. The third kappa shape index (κ3) is 4.27. The van der Waals surface area contributed by atoms with Gasteiger partial charge in [0.2, 0.25) is 0 Å². The number of ether oxygens (including phenoxy) is 3. The molecule has 3 aliphatic rings. The number of hydrogen-bond donors (Lipinski definition) is 2. The first-order valence-electron chi connectivity index (χ1n) is 11.3. The Morgan fingerprint density at radius 1 is 1.25 bits per heavy atom. The first-order valence-corrected chi connectivity index (χ1v) is 11.3. The summed E-state index contributed by atoms with van der Waals surface area (Å²) in [5.74, 6) is -0.560. The minimum absolute atomic E-state index is 0.0270. The van der Waals surface area contributed by atoms with Crippen molar-refractivity contribution in [3.05, 3.63) is 47.0 Å². The molecule has 3 fully saturated rings. The van der Waals surface area contributed by atoms with Crippen LogP contribution in [0, 0.1) is 5.92 Å². The highest BCUT2D eigenvalue weighted by atomic mass is 16.6. The zero-order chi connectivity index (χ0) is 23.1. The number of amides is 1. The van der Waals surface area contributed by atoms with Crippen LogP contribution in [-0.2, 0) is 14.2 Å². The van der Waals surface area contributed by atoms with E-state index in [-0.39, 0.29) is 47.1 Å². The molecule has 1 spiro atoms. The van der Waals surface area contributed by atoms with E-state index in [2.05, 4.69) is 32.2 Å². The van der Waals surface area contributed by atoms with Gasteiger partial charge in [-0.25, -0.2) is 0 Å². The molecule has 7 heteroatoms. The predicted molar refractivity (Wildman–Crippen MR) is 119 cm³/mol. The quantitative estimate of drug-likeness (QED) is 0.364. The number of carbonyl (C=O) groups excluding carboxylic acids is 2. The lowest BCUT2D eigenvalue weighted by molar-refractivity contribution is -0.0660. The van der Waals surface area contributed by atoms with E-state index in [1.165, 1.54) is 5.57 Å². The van der Waals surface area contributed by atoms with Crippen LogP contribution in [0.2, 0.25) is 0 Å². The Bertz CT molecular complexity index is 902. The normalized spacial score (nSPS) is 35.3. The smallest absolute Gasteiger partial charge is 0.251 e. The highest BCUT2D eigenvalue weighted by molar-refractivity contribution is 5.99. The van der Waals surface area contributed by atoms with Gasteiger partial charge in [-0.1, -0.05) is 23.8 Å². The van der Waals surface area contributed by atoms with Gasteiger partial charge in [0.25, 0.3) is 5.91 Å². The number of allylic oxidation sites excluding steroid dienone is 1. The number of methoxy groups -OCH3 is 1. The van der Waals surface area contributed by atoms with E-state index in [4.69, 9.17) is 19.3 Å². The molecular weight excluding hydrogens is 410 g/mol. The van der Waals surface area contributed by atoms with Gasteiger partial charge >= 0.3 is 0 Å². The largest absolute Gasteiger partial charge is 0.388 e. The Morgan fingerprint density at radius 2 is 1.91 bits per heavy atom. The summed E-state index contributed by atoms with van der Waals surface area (Å²) in [4.78, 5) is 24.6. The van der Waals surface area contributed by atoms with Crippen LogP contribution in [0.15, 0.2) is 35.9 Å². The Balaban J connectivity index is 1.49. The van der Waals surface area contributed by atoms with Crippen molar-refractivity contribution < 1.29 is 28.9 Å². The fourth-order valence-corrected chi connectivity index (χ4v) is 5.29. The number of epoxide rings is 2. The number of ketones is 1. The Morgan fingerprint density at radius 3 is 2.47 bits per heavy atom. The summed E-state index contributed by atoms with van der Waals surface area (Å²) >= 11 is 0. The number of Topliss-reactive ketones (excluding diaryl/α,β-unsaturated/α-hetero) is 1. The van der Waals surface area contributed by atoms with Crippen LogP contribution in [0.3, 0.4) is 0 Å². The van der Waals surface area contributed by atoms with Crippen LogP contribution >= 0.6 is 0 Å². The van der Waals surface area contributed by atoms with Crippen molar-refractivity contribution in [3.63, 3.8) is 0 Å². The Hall–Kier alpha value is -2.06. The maximum Gasteiger partial charge on any atom is 0.251 e. The van der Waals surface area contributed by atoms with Crippen LogP contribution in [-0.4, -0.2) is 66.6 Å². The van der Waals surface area contributed by atoms with Crippen molar-refractivity contribution in [1.29, 1.82) is 0 Å². The summed E-state index contributed by atoms with van der Waals surface area (Å²) in [6, 6.07) is 6.16. The van der Waals surface area contributed by atoms with Gasteiger partial charge in [0.1, 0.15) is 12.2 Å². The average molecular weight is 444 g/mol. The second-order valence-corrected chi connectivity index (χ2v) is 9.62. The third-order valence-electron chi connectivity index (χ3n) is 7.22. The molecule has 1 amide bonds. The Labute approximate surface area is 189 Å². The van der Waals surface area contributed by atoms with Gasteiger partial charge in [-0.15, -0.1) is 0 Å². The number of aliphatic hydroxyl groups excluding tert-OH is 1. The first kappa shape index (κ1) is 23.1. The molecule has 1 aromatic rings. The van der Waals surface area contributed by atoms with Gasteiger partial charge in [0.15, 0.2) is 5.78 Å². The van der Waals surface area contributed by atoms with E-state index in [1.54, 1.807) is 31.4 Å². The molecular formula is C25H33NO6. The number of nitrogens with one attached hydrogen (secondary N) is 1. The highest BCUT2D eigenvalue weighted by Gasteiger charge is 2.71. The summed E-state index contributed by atoms with van der Waals surface area (Å²) in [5.41, 5.74) is 1.53. The summed E-state index contributed by atoms with van der Waals surface area (Å²) in [6.07, 6.45) is 4.56. The SMILES string of the molecule is CO[C@@H]1[C@H](NC(=O)c2ccc(C(=O)CO)cc2)CC[C@]2(CO2)[C@H]1[C@]1(C)O[C@@H]1CC=C(C)C. The lowest BCUT2D eigenvalue weighted by atomic mass is 9.67.